The van der Waals surface area contributed by atoms with Crippen molar-refractivity contribution in [1.29, 1.82) is 0 Å². The zero-order valence-electron chi connectivity index (χ0n) is 20.4. The largest absolute Gasteiger partial charge is 0.357 e. The lowest BCUT2D eigenvalue weighted by Crippen LogP contribution is -2.49. The van der Waals surface area contributed by atoms with Gasteiger partial charge in [0.1, 0.15) is 6.04 Å². The Balaban J connectivity index is 1.86. The van der Waals surface area contributed by atoms with E-state index < -0.39 is 6.04 Å². The number of rotatable bonds is 10. The van der Waals surface area contributed by atoms with Crippen molar-refractivity contribution < 1.29 is 9.59 Å². The van der Waals surface area contributed by atoms with Crippen LogP contribution in [0.15, 0.2) is 72.8 Å². The van der Waals surface area contributed by atoms with E-state index in [9.17, 15) is 9.59 Å². The first-order valence-electron chi connectivity index (χ1n) is 11.9. The van der Waals surface area contributed by atoms with Crippen LogP contribution in [0.2, 0.25) is 10.0 Å². The number of halogens is 2. The number of nitrogens with zero attached hydrogens (tertiary/aromatic N) is 1. The van der Waals surface area contributed by atoms with Crippen LogP contribution in [0.3, 0.4) is 0 Å². The number of aryl methyl sites for hydroxylation is 1. The number of nitrogens with one attached hydrogen (secondary N) is 1. The third-order valence-corrected chi connectivity index (χ3v) is 6.87. The van der Waals surface area contributed by atoms with E-state index in [1.54, 1.807) is 24.1 Å². The highest BCUT2D eigenvalue weighted by molar-refractivity contribution is 6.42. The summed E-state index contributed by atoms with van der Waals surface area (Å²) in [6.07, 6.45) is 1.31. The molecule has 0 bridgehead atoms. The maximum Gasteiger partial charge on any atom is 0.242 e. The fourth-order valence-electron chi connectivity index (χ4n) is 4.02. The van der Waals surface area contributed by atoms with Gasteiger partial charge in [-0.1, -0.05) is 97.7 Å². The average molecular weight is 511 g/mol. The van der Waals surface area contributed by atoms with Gasteiger partial charge in [-0.15, -0.1) is 0 Å². The lowest BCUT2D eigenvalue weighted by atomic mass is 9.99. The van der Waals surface area contributed by atoms with Gasteiger partial charge in [-0.3, -0.25) is 9.59 Å². The van der Waals surface area contributed by atoms with Gasteiger partial charge in [0.2, 0.25) is 11.8 Å². The molecule has 3 rings (SSSR count). The molecule has 0 heterocycles. The first-order chi connectivity index (χ1) is 16.8. The molecule has 0 radical (unpaired) electrons. The third-order valence-electron chi connectivity index (χ3n) is 6.13. The van der Waals surface area contributed by atoms with E-state index in [1.165, 1.54) is 5.56 Å². The van der Waals surface area contributed by atoms with Crippen LogP contribution in [0.1, 0.15) is 48.4 Å². The van der Waals surface area contributed by atoms with Gasteiger partial charge in [-0.05, 0) is 46.7 Å². The molecule has 0 spiro atoms. The second-order valence-corrected chi connectivity index (χ2v) is 9.80. The first kappa shape index (κ1) is 26.8. The standard InChI is InChI=1S/C29H32Cl2N2O2/c1-20(2)24-13-9-21(10-14-24)12-16-28(34)33(19-23-11-15-25(30)26(31)17-23)27(29(35)32-3)18-22-7-5-4-6-8-22/h4-11,13-15,17,20,27H,12,16,18-19H2,1-3H3,(H,32,35)/t27-/m1/s1. The van der Waals surface area contributed by atoms with Crippen LogP contribution in [0.25, 0.3) is 0 Å². The Morgan fingerprint density at radius 3 is 2.11 bits per heavy atom. The van der Waals surface area contributed by atoms with Crippen LogP contribution in [-0.4, -0.2) is 29.8 Å². The SMILES string of the molecule is CNC(=O)[C@@H](Cc1ccccc1)N(Cc1ccc(Cl)c(Cl)c1)C(=O)CCc1ccc(C(C)C)cc1. The predicted molar refractivity (Wildman–Crippen MR) is 144 cm³/mol. The van der Waals surface area contributed by atoms with Crippen molar-refractivity contribution in [2.45, 2.75) is 51.6 Å². The quantitative estimate of drug-likeness (QED) is 0.341. The van der Waals surface area contributed by atoms with Gasteiger partial charge in [0.05, 0.1) is 10.0 Å². The maximum absolute atomic E-state index is 13.6. The molecule has 0 fully saturated rings. The second-order valence-electron chi connectivity index (χ2n) is 8.99. The van der Waals surface area contributed by atoms with Crippen molar-refractivity contribution >= 4 is 35.0 Å². The summed E-state index contributed by atoms with van der Waals surface area (Å²) in [6.45, 7) is 4.57. The Morgan fingerprint density at radius 2 is 1.51 bits per heavy atom. The molecule has 1 atom stereocenters. The van der Waals surface area contributed by atoms with E-state index >= 15 is 0 Å². The second kappa shape index (κ2) is 12.8. The minimum absolute atomic E-state index is 0.0893. The molecule has 1 N–H and O–H groups in total. The number of likely N-dealkylation sites (N-methyl/N-ethyl adjacent to an activating group) is 1. The molecule has 3 aromatic rings. The highest BCUT2D eigenvalue weighted by atomic mass is 35.5. The van der Waals surface area contributed by atoms with Gasteiger partial charge in [0, 0.05) is 26.4 Å². The van der Waals surface area contributed by atoms with Gasteiger partial charge >= 0.3 is 0 Å². The van der Waals surface area contributed by atoms with Crippen molar-refractivity contribution in [2.75, 3.05) is 7.05 Å². The fourth-order valence-corrected chi connectivity index (χ4v) is 4.34. The average Bonchev–Trinajstić information content (AvgIpc) is 2.87. The number of hydrogen-bond acceptors (Lipinski definition) is 2. The Morgan fingerprint density at radius 1 is 0.857 bits per heavy atom. The van der Waals surface area contributed by atoms with Crippen molar-refractivity contribution in [3.8, 4) is 0 Å². The molecule has 2 amide bonds. The lowest BCUT2D eigenvalue weighted by molar-refractivity contribution is -0.141. The van der Waals surface area contributed by atoms with Crippen LogP contribution < -0.4 is 5.32 Å². The summed E-state index contributed by atoms with van der Waals surface area (Å²) in [6, 6.07) is 22.7. The molecular weight excluding hydrogens is 479 g/mol. The van der Waals surface area contributed by atoms with Crippen LogP contribution in [0, 0.1) is 0 Å². The minimum atomic E-state index is -0.660. The van der Waals surface area contributed by atoms with Gasteiger partial charge in [0.15, 0.2) is 0 Å². The third kappa shape index (κ3) is 7.58. The highest BCUT2D eigenvalue weighted by Crippen LogP contribution is 2.25. The molecular formula is C29H32Cl2N2O2. The zero-order valence-corrected chi connectivity index (χ0v) is 21.9. The Kier molecular flexibility index (Phi) is 9.76. The maximum atomic E-state index is 13.6. The predicted octanol–water partition coefficient (Wildman–Crippen LogP) is 6.44. The van der Waals surface area contributed by atoms with Crippen molar-refractivity contribution in [1.82, 2.24) is 10.2 Å². The van der Waals surface area contributed by atoms with Crippen LogP contribution in [0.4, 0.5) is 0 Å². The lowest BCUT2D eigenvalue weighted by Gasteiger charge is -2.31. The molecule has 0 aliphatic rings. The van der Waals surface area contributed by atoms with Crippen LogP contribution >= 0.6 is 23.2 Å². The number of carbonyl (C=O) groups is 2. The monoisotopic (exact) mass is 510 g/mol. The summed E-state index contributed by atoms with van der Waals surface area (Å²) in [5.41, 5.74) is 4.16. The van der Waals surface area contributed by atoms with Gasteiger partial charge < -0.3 is 10.2 Å². The molecule has 0 saturated heterocycles. The van der Waals surface area contributed by atoms with E-state index in [4.69, 9.17) is 23.2 Å². The number of benzene rings is 3. The smallest absolute Gasteiger partial charge is 0.242 e. The molecule has 35 heavy (non-hydrogen) atoms. The van der Waals surface area contributed by atoms with E-state index in [2.05, 4.69) is 43.4 Å². The topological polar surface area (TPSA) is 49.4 Å². The number of carbonyl (C=O) groups excluding carboxylic acids is 2. The Hall–Kier alpha value is -2.82. The summed E-state index contributed by atoms with van der Waals surface area (Å²) in [4.78, 5) is 28.2. The van der Waals surface area contributed by atoms with Gasteiger partial charge in [0.25, 0.3) is 0 Å². The fraction of sp³-hybridized carbons (Fsp3) is 0.310. The Bertz CT molecular complexity index is 1130. The molecule has 3 aromatic carbocycles. The van der Waals surface area contributed by atoms with Crippen molar-refractivity contribution in [2.24, 2.45) is 0 Å². The molecule has 6 heteroatoms. The normalized spacial score (nSPS) is 11.8. The van der Waals surface area contributed by atoms with Crippen molar-refractivity contribution in [3.63, 3.8) is 0 Å². The zero-order chi connectivity index (χ0) is 25.4. The summed E-state index contributed by atoms with van der Waals surface area (Å²) in [5.74, 6) is 0.163. The number of amides is 2. The van der Waals surface area contributed by atoms with E-state index in [0.717, 1.165) is 16.7 Å². The van der Waals surface area contributed by atoms with Crippen molar-refractivity contribution in [3.05, 3.63) is 105 Å². The Labute approximate surface area is 218 Å². The van der Waals surface area contributed by atoms with Crippen LogP contribution in [0.5, 0.6) is 0 Å². The summed E-state index contributed by atoms with van der Waals surface area (Å²) in [7, 11) is 1.60. The van der Waals surface area contributed by atoms with Crippen LogP contribution in [-0.2, 0) is 29.0 Å². The van der Waals surface area contributed by atoms with E-state index in [1.807, 2.05) is 36.4 Å². The summed E-state index contributed by atoms with van der Waals surface area (Å²) >= 11 is 12.3. The highest BCUT2D eigenvalue weighted by Gasteiger charge is 2.29. The molecule has 0 saturated carbocycles. The van der Waals surface area contributed by atoms with E-state index in [-0.39, 0.29) is 18.4 Å². The molecule has 4 nitrogen and oxygen atoms in total. The number of hydrogen-bond donors (Lipinski definition) is 1. The first-order valence-corrected chi connectivity index (χ1v) is 12.6. The molecule has 0 aliphatic carbocycles. The molecule has 0 aromatic heterocycles. The summed E-state index contributed by atoms with van der Waals surface area (Å²) < 4.78 is 0. The minimum Gasteiger partial charge on any atom is -0.357 e. The summed E-state index contributed by atoms with van der Waals surface area (Å²) in [5, 5.41) is 3.60. The van der Waals surface area contributed by atoms with Gasteiger partial charge in [-0.2, -0.15) is 0 Å². The molecule has 0 aliphatic heterocycles. The van der Waals surface area contributed by atoms with E-state index in [0.29, 0.717) is 35.2 Å². The van der Waals surface area contributed by atoms with Gasteiger partial charge in [-0.25, -0.2) is 0 Å². The molecule has 0 unspecified atom stereocenters. The molecule has 184 valence electrons.